The highest BCUT2D eigenvalue weighted by Gasteiger charge is 2.39. The average Bonchev–Trinajstić information content (AvgIpc) is 3.04. The first-order valence-electron chi connectivity index (χ1n) is 15.3. The van der Waals surface area contributed by atoms with Crippen molar-refractivity contribution in [2.45, 2.75) is 70.7 Å². The van der Waals surface area contributed by atoms with Gasteiger partial charge in [-0.25, -0.2) is 0 Å². The van der Waals surface area contributed by atoms with Crippen LogP contribution in [0.1, 0.15) is 73.7 Å². The molecule has 4 unspecified atom stereocenters. The maximum absolute atomic E-state index is 12.0. The van der Waals surface area contributed by atoms with Gasteiger partial charge in [0.25, 0.3) is 0 Å². The van der Waals surface area contributed by atoms with Gasteiger partial charge in [0.2, 0.25) is 5.91 Å². The van der Waals surface area contributed by atoms with Crippen molar-refractivity contribution in [3.63, 3.8) is 0 Å². The lowest BCUT2D eigenvalue weighted by Gasteiger charge is -2.43. The summed E-state index contributed by atoms with van der Waals surface area (Å²) in [5.74, 6) is -1.10. The molecule has 2 fully saturated rings. The van der Waals surface area contributed by atoms with Gasteiger partial charge in [0.05, 0.1) is 25.2 Å². The molecule has 2 aliphatic heterocycles. The van der Waals surface area contributed by atoms with E-state index in [-0.39, 0.29) is 43.5 Å². The van der Waals surface area contributed by atoms with E-state index in [1.165, 1.54) is 19.3 Å². The van der Waals surface area contributed by atoms with Crippen molar-refractivity contribution < 1.29 is 29.3 Å². The largest absolute Gasteiger partial charge is 0.481 e. The van der Waals surface area contributed by atoms with E-state index < -0.39 is 12.3 Å². The number of likely N-dealkylation sites (tertiary alicyclic amines) is 1. The van der Waals surface area contributed by atoms with Gasteiger partial charge >= 0.3 is 5.97 Å². The van der Waals surface area contributed by atoms with Crippen molar-refractivity contribution in [2.24, 2.45) is 5.92 Å². The van der Waals surface area contributed by atoms with Crippen molar-refractivity contribution in [3.05, 3.63) is 95.1 Å². The van der Waals surface area contributed by atoms with E-state index in [0.717, 1.165) is 53.0 Å². The van der Waals surface area contributed by atoms with Crippen LogP contribution in [0.5, 0.6) is 0 Å². The van der Waals surface area contributed by atoms with Gasteiger partial charge in [-0.05, 0) is 59.8 Å². The van der Waals surface area contributed by atoms with Crippen LogP contribution in [0.25, 0.3) is 11.1 Å². The van der Waals surface area contributed by atoms with Crippen LogP contribution in [0, 0.1) is 5.92 Å². The average molecular weight is 587 g/mol. The van der Waals surface area contributed by atoms with Crippen molar-refractivity contribution in [3.8, 4) is 11.1 Å². The maximum Gasteiger partial charge on any atom is 0.303 e. The van der Waals surface area contributed by atoms with Crippen LogP contribution >= 0.6 is 0 Å². The Kier molecular flexibility index (Phi) is 10.6. The molecule has 0 radical (unpaired) electrons. The van der Waals surface area contributed by atoms with E-state index in [9.17, 15) is 14.7 Å². The van der Waals surface area contributed by atoms with E-state index in [1.807, 2.05) is 36.4 Å². The van der Waals surface area contributed by atoms with Crippen molar-refractivity contribution in [1.82, 2.24) is 10.2 Å². The lowest BCUT2D eigenvalue weighted by molar-refractivity contribution is -0.276. The maximum atomic E-state index is 12.0. The number of aliphatic carboxylic acids is 1. The number of rotatable bonds is 11. The number of nitrogens with one attached hydrogen (secondary N) is 1. The smallest absolute Gasteiger partial charge is 0.303 e. The Balaban J connectivity index is 1.30. The van der Waals surface area contributed by atoms with Crippen LogP contribution in [0.4, 0.5) is 0 Å². The zero-order valence-electron chi connectivity index (χ0n) is 24.8. The third-order valence-corrected chi connectivity index (χ3v) is 8.51. The van der Waals surface area contributed by atoms with Gasteiger partial charge in [-0.3, -0.25) is 9.59 Å². The Morgan fingerprint density at radius 2 is 1.58 bits per heavy atom. The molecule has 0 saturated carbocycles. The van der Waals surface area contributed by atoms with Crippen LogP contribution in [0.3, 0.4) is 0 Å². The number of aliphatic hydroxyl groups excluding tert-OH is 1. The van der Waals surface area contributed by atoms with Gasteiger partial charge in [-0.2, -0.15) is 0 Å². The number of hydrogen-bond donors (Lipinski definition) is 3. The number of piperidine rings is 1. The molecule has 228 valence electrons. The minimum absolute atomic E-state index is 0.0152. The quantitative estimate of drug-likeness (QED) is 0.268. The fourth-order valence-electron chi connectivity index (χ4n) is 5.93. The van der Waals surface area contributed by atoms with Gasteiger partial charge < -0.3 is 29.9 Å². The van der Waals surface area contributed by atoms with Crippen LogP contribution < -0.4 is 5.32 Å². The Bertz CT molecular complexity index is 1350. The summed E-state index contributed by atoms with van der Waals surface area (Å²) in [4.78, 5) is 25.2. The van der Waals surface area contributed by atoms with Crippen molar-refractivity contribution >= 4 is 11.9 Å². The molecule has 4 atom stereocenters. The highest BCUT2D eigenvalue weighted by molar-refractivity contribution is 5.80. The molecule has 0 bridgehead atoms. The van der Waals surface area contributed by atoms with Crippen LogP contribution in [-0.2, 0) is 32.2 Å². The summed E-state index contributed by atoms with van der Waals surface area (Å²) in [6.07, 6.45) is 2.91. The summed E-state index contributed by atoms with van der Waals surface area (Å²) < 4.78 is 13.3. The fraction of sp³-hybridized carbons (Fsp3) is 0.429. The molecule has 2 heterocycles. The molecule has 2 aliphatic rings. The predicted octanol–water partition coefficient (Wildman–Crippen LogP) is 5.60. The Labute approximate surface area is 253 Å². The van der Waals surface area contributed by atoms with Gasteiger partial charge in [0.1, 0.15) is 0 Å². The molecule has 0 aromatic heterocycles. The zero-order chi connectivity index (χ0) is 30.2. The molecule has 0 aliphatic carbocycles. The third kappa shape index (κ3) is 8.30. The molecule has 3 aromatic carbocycles. The number of nitrogens with zero attached hydrogens (tertiary/aromatic N) is 1. The van der Waals surface area contributed by atoms with E-state index in [1.54, 1.807) is 0 Å². The number of carbonyl (C=O) groups excluding carboxylic acids is 1. The number of aliphatic hydroxyl groups is 1. The highest BCUT2D eigenvalue weighted by atomic mass is 16.7. The number of carboxylic acids is 1. The summed E-state index contributed by atoms with van der Waals surface area (Å²) in [5, 5.41) is 21.1. The molecule has 8 heteroatoms. The molecule has 0 spiro atoms. The standard InChI is InChI=1S/C35H42N2O6/c1-24-31(22-37-18-3-2-4-19-37)42-35(43-34(24)28-10-8-25(23-38)9-11-28)29-14-12-27(13-15-29)30-7-5-6-26(20-30)21-36-32(39)16-17-33(40)41/h5-15,20,24,31,34-35,38H,2-4,16-19,21-23H2,1H3,(H,36,39)(H,40,41). The molecule has 43 heavy (non-hydrogen) atoms. The number of hydrogen-bond acceptors (Lipinski definition) is 6. The predicted molar refractivity (Wildman–Crippen MR) is 164 cm³/mol. The van der Waals surface area contributed by atoms with E-state index >= 15 is 0 Å². The zero-order valence-corrected chi connectivity index (χ0v) is 24.8. The van der Waals surface area contributed by atoms with Crippen LogP contribution in [0.15, 0.2) is 72.8 Å². The lowest BCUT2D eigenvalue weighted by atomic mass is 9.89. The van der Waals surface area contributed by atoms with E-state index in [0.29, 0.717) is 6.54 Å². The fourth-order valence-corrected chi connectivity index (χ4v) is 5.93. The number of carbonyl (C=O) groups is 2. The lowest BCUT2D eigenvalue weighted by Crippen LogP contribution is -2.45. The van der Waals surface area contributed by atoms with E-state index in [4.69, 9.17) is 14.6 Å². The molecule has 1 amide bonds. The molecule has 8 nitrogen and oxygen atoms in total. The van der Waals surface area contributed by atoms with Gasteiger partial charge in [0.15, 0.2) is 6.29 Å². The topological polar surface area (TPSA) is 108 Å². The second-order valence-electron chi connectivity index (χ2n) is 11.7. The minimum atomic E-state index is -0.983. The number of ether oxygens (including phenoxy) is 2. The first kappa shape index (κ1) is 30.9. The number of benzene rings is 3. The second kappa shape index (κ2) is 14.8. The molecule has 2 saturated heterocycles. The summed E-state index contributed by atoms with van der Waals surface area (Å²) in [6.45, 7) is 5.65. The molecular weight excluding hydrogens is 544 g/mol. The normalized spacial score (nSPS) is 22.7. The molecule has 3 N–H and O–H groups in total. The Morgan fingerprint density at radius 3 is 2.28 bits per heavy atom. The SMILES string of the molecule is CC1C(CN2CCCCC2)OC(c2ccc(-c3cccc(CNC(=O)CCC(=O)O)c3)cc2)OC1c1ccc(CO)cc1. The summed E-state index contributed by atoms with van der Waals surface area (Å²) in [7, 11) is 0. The van der Waals surface area contributed by atoms with Crippen LogP contribution in [0.2, 0.25) is 0 Å². The first-order valence-corrected chi connectivity index (χ1v) is 15.3. The minimum Gasteiger partial charge on any atom is -0.481 e. The van der Waals surface area contributed by atoms with Gasteiger partial charge in [-0.1, -0.05) is 80.1 Å². The number of amides is 1. The van der Waals surface area contributed by atoms with Gasteiger partial charge in [-0.15, -0.1) is 0 Å². The summed E-state index contributed by atoms with van der Waals surface area (Å²) >= 11 is 0. The van der Waals surface area contributed by atoms with E-state index in [2.05, 4.69) is 53.5 Å². The summed E-state index contributed by atoms with van der Waals surface area (Å²) in [6, 6.07) is 24.2. The molecule has 5 rings (SSSR count). The third-order valence-electron chi connectivity index (χ3n) is 8.51. The first-order chi connectivity index (χ1) is 20.9. The van der Waals surface area contributed by atoms with Crippen molar-refractivity contribution in [1.29, 1.82) is 0 Å². The van der Waals surface area contributed by atoms with Crippen LogP contribution in [-0.4, -0.2) is 52.7 Å². The Morgan fingerprint density at radius 1 is 0.860 bits per heavy atom. The van der Waals surface area contributed by atoms with Gasteiger partial charge in [0, 0.05) is 31.0 Å². The number of carboxylic acid groups (broad SMARTS) is 1. The highest BCUT2D eigenvalue weighted by Crippen LogP contribution is 2.42. The monoisotopic (exact) mass is 586 g/mol. The summed E-state index contributed by atoms with van der Waals surface area (Å²) in [5.41, 5.74) is 5.92. The van der Waals surface area contributed by atoms with Crippen molar-refractivity contribution in [2.75, 3.05) is 19.6 Å². The Hall–Kier alpha value is -3.56. The molecule has 3 aromatic rings. The molecular formula is C35H42N2O6. The second-order valence-corrected chi connectivity index (χ2v) is 11.7.